The smallest absolute Gasteiger partial charge is 0.139 e. The number of hydrogen-bond acceptors (Lipinski definition) is 24. The first kappa shape index (κ1) is 80.0. The lowest BCUT2D eigenvalue weighted by Crippen LogP contribution is -2.24. The molecule has 0 unspecified atom stereocenters. The number of fused-ring (bicyclic) bond motifs is 6. The minimum absolute atomic E-state index is 0.310. The minimum Gasteiger partial charge on any atom is -0.491 e. The molecule has 0 amide bonds. The summed E-state index contributed by atoms with van der Waals surface area (Å²) in [5, 5.41) is 0. The summed E-state index contributed by atoms with van der Waals surface area (Å²) in [7, 11) is 6.59. The van der Waals surface area contributed by atoms with Crippen LogP contribution < -0.4 is 28.7 Å². The summed E-state index contributed by atoms with van der Waals surface area (Å²) in [4.78, 5) is 22.9. The van der Waals surface area contributed by atoms with E-state index >= 15 is 0 Å². The van der Waals surface area contributed by atoms with E-state index in [1.807, 2.05) is 109 Å². The SMILES string of the molecule is COCCOCCOCCOCCOc1cccc(C2=C3C=CC(=N3)N(c3cccc(OCCOCCOCCOCCOC)c3)c3ccc([nH]3)C(c3cccc(OCCOCCOCCOCCOC)c3)=C3C=CC(=N3)N(c3cccc(OCCOCCOCCOCCOC)c3)c3ccc2[nH]3)c1. The average molecular weight is 1440 g/mol. The number of nitrogens with zero attached hydrogens (tertiary/aromatic N) is 4. The molecule has 564 valence electrons. The van der Waals surface area contributed by atoms with Crippen molar-refractivity contribution in [2.75, 3.05) is 250 Å². The van der Waals surface area contributed by atoms with Gasteiger partial charge in [0.1, 0.15) is 72.7 Å². The van der Waals surface area contributed by atoms with E-state index in [-0.39, 0.29) is 0 Å². The Morgan fingerprint density at radius 1 is 0.269 bits per heavy atom. The Balaban J connectivity index is 1.02. The van der Waals surface area contributed by atoms with Crippen molar-refractivity contribution in [1.82, 2.24) is 9.97 Å². The van der Waals surface area contributed by atoms with Crippen LogP contribution >= 0.6 is 0 Å². The first-order valence-electron chi connectivity index (χ1n) is 35.4. The molecular weight excluding hydrogens is 1340 g/mol. The largest absolute Gasteiger partial charge is 0.491 e. The summed E-state index contributed by atoms with van der Waals surface area (Å²) >= 11 is 0. The molecule has 0 saturated carbocycles. The van der Waals surface area contributed by atoms with Gasteiger partial charge in [0.2, 0.25) is 0 Å². The first-order valence-corrected chi connectivity index (χ1v) is 35.4. The summed E-state index contributed by atoms with van der Waals surface area (Å²) in [6.07, 6.45) is 8.12. The first-order chi connectivity index (χ1) is 51.5. The molecule has 0 radical (unpaired) electrons. The number of ether oxygens (including phenoxy) is 20. The predicted molar refractivity (Wildman–Crippen MR) is 396 cm³/mol. The molecule has 0 aliphatic carbocycles. The number of aromatic nitrogens is 2. The van der Waals surface area contributed by atoms with E-state index in [1.165, 1.54) is 0 Å². The van der Waals surface area contributed by atoms with Crippen LogP contribution in [-0.2, 0) is 75.8 Å². The minimum atomic E-state index is 0.310. The standard InChI is InChI=1S/C78H102N6O20/c1-85-25-29-89-33-37-93-41-45-97-49-53-101-65-13-5-9-61(57-65)77-69-17-21-73(79-69)83(63-11-7-15-67(59-63)103-55-51-99-47-43-95-39-35-91-31-27-87-3)75-23-19-71(81-75)78(62-10-6-14-66(58-62)102-54-50-98-46-42-94-38-34-90-30-26-86-2)72-20-24-76(82-72)84(74-22-18-70(77)80-74)64-12-8-16-68(60-64)104-56-52-100-48-44-96-40-36-92-32-28-88-4/h5-24,57-60,79,82H,25-56H2,1-4H3. The zero-order valence-corrected chi connectivity index (χ0v) is 60.4. The highest BCUT2D eigenvalue weighted by Gasteiger charge is 2.28. The van der Waals surface area contributed by atoms with Crippen molar-refractivity contribution in [3.8, 4) is 23.0 Å². The van der Waals surface area contributed by atoms with E-state index in [0.717, 1.165) is 45.0 Å². The molecule has 0 saturated heterocycles. The average Bonchev–Trinajstić information content (AvgIpc) is 1.61. The molecule has 104 heavy (non-hydrogen) atoms. The summed E-state index contributed by atoms with van der Waals surface area (Å²) in [5.74, 6) is 5.28. The Hall–Kier alpha value is -8.10. The van der Waals surface area contributed by atoms with E-state index in [4.69, 9.17) is 105 Å². The third-order valence-electron chi connectivity index (χ3n) is 15.7. The quantitative estimate of drug-likeness (QED) is 0.0337. The van der Waals surface area contributed by atoms with Crippen LogP contribution in [0.2, 0.25) is 0 Å². The van der Waals surface area contributed by atoms with Crippen molar-refractivity contribution >= 4 is 45.8 Å². The maximum atomic E-state index is 6.38. The fourth-order valence-corrected chi connectivity index (χ4v) is 10.7. The van der Waals surface area contributed by atoms with Gasteiger partial charge in [0.25, 0.3) is 0 Å². The van der Waals surface area contributed by atoms with Crippen molar-refractivity contribution in [2.45, 2.75) is 0 Å². The molecule has 0 atom stereocenters. The van der Waals surface area contributed by atoms with E-state index in [1.54, 1.807) is 28.4 Å². The van der Waals surface area contributed by atoms with Crippen LogP contribution in [-0.4, -0.2) is 261 Å². The van der Waals surface area contributed by atoms with Gasteiger partial charge in [0, 0.05) is 63.1 Å². The number of benzene rings is 4. The van der Waals surface area contributed by atoms with Gasteiger partial charge < -0.3 is 105 Å². The predicted octanol–water partition coefficient (Wildman–Crippen LogP) is 10.1. The van der Waals surface area contributed by atoms with Gasteiger partial charge in [-0.2, -0.15) is 0 Å². The Bertz CT molecular complexity index is 3380. The highest BCUT2D eigenvalue weighted by atomic mass is 16.6. The summed E-state index contributed by atoms with van der Waals surface area (Å²) in [6, 6.07) is 40.1. The molecule has 26 nitrogen and oxygen atoms in total. The lowest BCUT2D eigenvalue weighted by Gasteiger charge is -2.24. The van der Waals surface area contributed by atoms with Gasteiger partial charge in [-0.05, 0) is 108 Å². The van der Waals surface area contributed by atoms with Crippen LogP contribution in [0.3, 0.4) is 0 Å². The van der Waals surface area contributed by atoms with Crippen LogP contribution in [0, 0.1) is 0 Å². The fraction of sp³-hybridized carbons (Fsp3) is 0.462. The van der Waals surface area contributed by atoms with Gasteiger partial charge in [-0.3, -0.25) is 9.80 Å². The molecule has 9 rings (SSSR count). The van der Waals surface area contributed by atoms with E-state index in [9.17, 15) is 0 Å². The normalized spacial score (nSPS) is 13.4. The molecule has 3 aliphatic rings. The Morgan fingerprint density at radius 2 is 0.529 bits per heavy atom. The maximum Gasteiger partial charge on any atom is 0.139 e. The summed E-state index contributed by atoms with van der Waals surface area (Å²) in [6.45, 7) is 14.2. The van der Waals surface area contributed by atoms with E-state index in [0.29, 0.717) is 269 Å². The number of hydrogen-bond donors (Lipinski definition) is 2. The molecule has 2 aromatic heterocycles. The van der Waals surface area contributed by atoms with Gasteiger partial charge in [0.15, 0.2) is 0 Å². The van der Waals surface area contributed by atoms with Crippen LogP contribution in [0.25, 0.3) is 11.1 Å². The zero-order chi connectivity index (χ0) is 72.1. The molecule has 8 bridgehead atoms. The molecular formula is C78H102N6O20. The van der Waals surface area contributed by atoms with Gasteiger partial charge in [-0.25, -0.2) is 9.98 Å². The third-order valence-corrected chi connectivity index (χ3v) is 15.7. The molecule has 0 fully saturated rings. The number of amidine groups is 2. The van der Waals surface area contributed by atoms with Crippen LogP contribution in [0.1, 0.15) is 22.5 Å². The Kier molecular flexibility index (Phi) is 37.0. The molecule has 2 N–H and O–H groups in total. The number of H-pyrrole nitrogens is 2. The third kappa shape index (κ3) is 27.4. The summed E-state index contributed by atoms with van der Waals surface area (Å²) in [5.41, 5.74) is 7.82. The molecule has 0 spiro atoms. The molecule has 4 aromatic carbocycles. The van der Waals surface area contributed by atoms with Crippen molar-refractivity contribution < 1.29 is 94.7 Å². The van der Waals surface area contributed by atoms with E-state index < -0.39 is 0 Å². The van der Waals surface area contributed by atoms with Crippen LogP contribution in [0.15, 0.2) is 167 Å². The zero-order valence-electron chi connectivity index (χ0n) is 60.4. The highest BCUT2D eigenvalue weighted by Crippen LogP contribution is 2.41. The van der Waals surface area contributed by atoms with Crippen LogP contribution in [0.5, 0.6) is 23.0 Å². The van der Waals surface area contributed by atoms with Gasteiger partial charge in [0.05, 0.1) is 208 Å². The number of allylic oxidation sites excluding steroid dienone is 2. The number of aliphatic imine (C=N–C) groups is 2. The number of nitrogens with one attached hydrogen (secondary N) is 2. The lowest BCUT2D eigenvalue weighted by atomic mass is 10.0. The second kappa shape index (κ2) is 48.1. The highest BCUT2D eigenvalue weighted by molar-refractivity contribution is 6.15. The number of aromatic amines is 2. The molecule has 6 aromatic rings. The fourth-order valence-electron chi connectivity index (χ4n) is 10.7. The second-order valence-electron chi connectivity index (χ2n) is 23.1. The monoisotopic (exact) mass is 1440 g/mol. The van der Waals surface area contributed by atoms with Crippen molar-refractivity contribution in [1.29, 1.82) is 0 Å². The molecule has 5 heterocycles. The van der Waals surface area contributed by atoms with Gasteiger partial charge in [-0.15, -0.1) is 0 Å². The lowest BCUT2D eigenvalue weighted by molar-refractivity contribution is 0.000163. The van der Waals surface area contributed by atoms with Gasteiger partial charge >= 0.3 is 0 Å². The summed E-state index contributed by atoms with van der Waals surface area (Å²) < 4.78 is 114. The maximum absolute atomic E-state index is 6.38. The van der Waals surface area contributed by atoms with Crippen molar-refractivity contribution in [3.63, 3.8) is 0 Å². The topological polar surface area (TPSA) is 247 Å². The van der Waals surface area contributed by atoms with Crippen molar-refractivity contribution in [3.05, 3.63) is 180 Å². The van der Waals surface area contributed by atoms with E-state index in [2.05, 4.69) is 56.2 Å². The number of anilines is 4. The Labute approximate surface area is 610 Å². The number of methoxy groups -OCH3 is 4. The number of rotatable bonds is 56. The van der Waals surface area contributed by atoms with Crippen molar-refractivity contribution in [2.24, 2.45) is 9.98 Å². The molecule has 3 aliphatic heterocycles. The second-order valence-corrected chi connectivity index (χ2v) is 23.1. The molecule has 26 heteroatoms. The van der Waals surface area contributed by atoms with Gasteiger partial charge in [-0.1, -0.05) is 36.4 Å². The van der Waals surface area contributed by atoms with Crippen LogP contribution in [0.4, 0.5) is 23.0 Å². The Morgan fingerprint density at radius 3 is 0.817 bits per heavy atom.